The molecule has 0 saturated carbocycles. The minimum Gasteiger partial charge on any atom is -0.380 e. The Labute approximate surface area is 107 Å². The first-order valence-corrected chi connectivity index (χ1v) is 5.68. The van der Waals surface area contributed by atoms with Crippen molar-refractivity contribution >= 4 is 28.9 Å². The average molecular weight is 284 g/mol. The SMILES string of the molecule is FC(F)(F)c1ccc(NC/C=C/CCl)c(Cl)c1. The predicted molar refractivity (Wildman–Crippen MR) is 64.8 cm³/mol. The van der Waals surface area contributed by atoms with Crippen molar-refractivity contribution in [2.45, 2.75) is 6.18 Å². The van der Waals surface area contributed by atoms with E-state index in [1.165, 1.54) is 6.07 Å². The number of halogens is 5. The first-order valence-electron chi connectivity index (χ1n) is 4.76. The van der Waals surface area contributed by atoms with E-state index in [0.29, 0.717) is 18.1 Å². The largest absolute Gasteiger partial charge is 0.416 e. The zero-order valence-corrected chi connectivity index (χ0v) is 10.2. The van der Waals surface area contributed by atoms with Crippen molar-refractivity contribution < 1.29 is 13.2 Å². The summed E-state index contributed by atoms with van der Waals surface area (Å²) in [5, 5.41) is 2.92. The van der Waals surface area contributed by atoms with E-state index in [4.69, 9.17) is 23.2 Å². The predicted octanol–water partition coefficient (Wildman–Crippen LogP) is 4.57. The molecule has 17 heavy (non-hydrogen) atoms. The van der Waals surface area contributed by atoms with Gasteiger partial charge >= 0.3 is 6.18 Å². The Hall–Kier alpha value is -0.870. The van der Waals surface area contributed by atoms with Crippen LogP contribution >= 0.6 is 23.2 Å². The van der Waals surface area contributed by atoms with E-state index < -0.39 is 11.7 Å². The molecule has 1 N–H and O–H groups in total. The summed E-state index contributed by atoms with van der Waals surface area (Å²) in [5.41, 5.74) is -0.303. The van der Waals surface area contributed by atoms with E-state index in [2.05, 4.69) is 5.32 Å². The summed E-state index contributed by atoms with van der Waals surface area (Å²) < 4.78 is 37.0. The number of nitrogens with one attached hydrogen (secondary N) is 1. The second-order valence-electron chi connectivity index (χ2n) is 3.20. The summed E-state index contributed by atoms with van der Waals surface area (Å²) in [5.74, 6) is 0.391. The van der Waals surface area contributed by atoms with Crippen LogP contribution in [0.5, 0.6) is 0 Å². The van der Waals surface area contributed by atoms with Gasteiger partial charge in [-0.1, -0.05) is 23.8 Å². The van der Waals surface area contributed by atoms with Crippen LogP contribution in [0.15, 0.2) is 30.4 Å². The normalized spacial score (nSPS) is 12.1. The summed E-state index contributed by atoms with van der Waals surface area (Å²) in [4.78, 5) is 0. The maximum atomic E-state index is 12.3. The van der Waals surface area contributed by atoms with Gasteiger partial charge in [-0.25, -0.2) is 0 Å². The Bertz CT molecular complexity index is 402. The lowest BCUT2D eigenvalue weighted by atomic mass is 10.2. The van der Waals surface area contributed by atoms with Crippen LogP contribution in [0.1, 0.15) is 5.56 Å². The van der Waals surface area contributed by atoms with Crippen LogP contribution in [0.2, 0.25) is 5.02 Å². The van der Waals surface area contributed by atoms with Crippen LogP contribution in [-0.2, 0) is 6.18 Å². The molecule has 0 radical (unpaired) electrons. The lowest BCUT2D eigenvalue weighted by Gasteiger charge is -2.10. The maximum absolute atomic E-state index is 12.3. The van der Waals surface area contributed by atoms with Gasteiger partial charge in [-0.15, -0.1) is 11.6 Å². The van der Waals surface area contributed by atoms with Gasteiger partial charge in [-0.3, -0.25) is 0 Å². The maximum Gasteiger partial charge on any atom is 0.416 e. The Morgan fingerprint density at radius 3 is 2.47 bits per heavy atom. The highest BCUT2D eigenvalue weighted by Gasteiger charge is 2.30. The fraction of sp³-hybridized carbons (Fsp3) is 0.273. The minimum absolute atomic E-state index is 0.0408. The monoisotopic (exact) mass is 283 g/mol. The van der Waals surface area contributed by atoms with Crippen LogP contribution in [0, 0.1) is 0 Å². The second kappa shape index (κ2) is 6.17. The summed E-state index contributed by atoms with van der Waals surface area (Å²) in [6.45, 7) is 0.456. The van der Waals surface area contributed by atoms with Crippen molar-refractivity contribution in [1.29, 1.82) is 0 Å². The molecule has 0 bridgehead atoms. The van der Waals surface area contributed by atoms with E-state index in [9.17, 15) is 13.2 Å². The number of rotatable bonds is 4. The summed E-state index contributed by atoms with van der Waals surface area (Å²) in [6, 6.07) is 3.19. The van der Waals surface area contributed by atoms with E-state index in [0.717, 1.165) is 12.1 Å². The van der Waals surface area contributed by atoms with Crippen molar-refractivity contribution in [1.82, 2.24) is 0 Å². The third-order valence-corrected chi connectivity index (χ3v) is 2.45. The van der Waals surface area contributed by atoms with Gasteiger partial charge in [0, 0.05) is 12.4 Å². The number of hydrogen-bond acceptors (Lipinski definition) is 1. The lowest BCUT2D eigenvalue weighted by Crippen LogP contribution is -2.06. The van der Waals surface area contributed by atoms with Crippen LogP contribution in [-0.4, -0.2) is 12.4 Å². The molecule has 1 rings (SSSR count). The molecule has 0 unspecified atom stereocenters. The van der Waals surface area contributed by atoms with Gasteiger partial charge in [0.2, 0.25) is 0 Å². The van der Waals surface area contributed by atoms with Crippen LogP contribution in [0.25, 0.3) is 0 Å². The molecule has 0 heterocycles. The van der Waals surface area contributed by atoms with Gasteiger partial charge in [-0.05, 0) is 18.2 Å². The topological polar surface area (TPSA) is 12.0 Å². The third-order valence-electron chi connectivity index (χ3n) is 1.96. The van der Waals surface area contributed by atoms with Crippen LogP contribution in [0.3, 0.4) is 0 Å². The van der Waals surface area contributed by atoms with E-state index in [-0.39, 0.29) is 5.02 Å². The molecule has 0 aromatic heterocycles. The molecule has 1 nitrogen and oxygen atoms in total. The number of benzene rings is 1. The molecule has 0 aliphatic rings. The van der Waals surface area contributed by atoms with Gasteiger partial charge in [0.25, 0.3) is 0 Å². The van der Waals surface area contributed by atoms with Crippen molar-refractivity contribution in [3.63, 3.8) is 0 Å². The molecule has 1 aromatic carbocycles. The first-order chi connectivity index (χ1) is 7.95. The molecule has 0 atom stereocenters. The number of anilines is 1. The third kappa shape index (κ3) is 4.48. The van der Waals surface area contributed by atoms with Gasteiger partial charge in [0.15, 0.2) is 0 Å². The second-order valence-corrected chi connectivity index (χ2v) is 3.91. The van der Waals surface area contributed by atoms with Crippen molar-refractivity contribution in [2.24, 2.45) is 0 Å². The molecule has 0 spiro atoms. The Kier molecular flexibility index (Phi) is 5.15. The lowest BCUT2D eigenvalue weighted by molar-refractivity contribution is -0.137. The summed E-state index contributed by atoms with van der Waals surface area (Å²) in [6.07, 6.45) is -0.881. The van der Waals surface area contributed by atoms with Gasteiger partial charge in [0.1, 0.15) is 0 Å². The molecular weight excluding hydrogens is 274 g/mol. The van der Waals surface area contributed by atoms with Crippen LogP contribution < -0.4 is 5.32 Å². The van der Waals surface area contributed by atoms with Gasteiger partial charge < -0.3 is 5.32 Å². The fourth-order valence-corrected chi connectivity index (χ4v) is 1.52. The van der Waals surface area contributed by atoms with Gasteiger partial charge in [0.05, 0.1) is 16.3 Å². The highest BCUT2D eigenvalue weighted by atomic mass is 35.5. The standard InChI is InChI=1S/C11H10Cl2F3N/c12-5-1-2-6-17-10-4-3-8(7-9(10)13)11(14,15)16/h1-4,7,17H,5-6H2/b2-1+. The number of alkyl halides is 4. The molecular formula is C11H10Cl2F3N. The quantitative estimate of drug-likeness (QED) is 0.631. The Morgan fingerprint density at radius 2 is 1.94 bits per heavy atom. The van der Waals surface area contributed by atoms with Crippen molar-refractivity contribution in [3.8, 4) is 0 Å². The Balaban J connectivity index is 2.73. The molecule has 0 fully saturated rings. The summed E-state index contributed by atoms with van der Waals surface area (Å²) in [7, 11) is 0. The van der Waals surface area contributed by atoms with E-state index in [1.807, 2.05) is 0 Å². The average Bonchev–Trinajstić information content (AvgIpc) is 2.24. The number of hydrogen-bond donors (Lipinski definition) is 1. The summed E-state index contributed by atoms with van der Waals surface area (Å²) >= 11 is 11.2. The highest BCUT2D eigenvalue weighted by Crippen LogP contribution is 2.33. The zero-order chi connectivity index (χ0) is 12.9. The zero-order valence-electron chi connectivity index (χ0n) is 8.69. The fourth-order valence-electron chi connectivity index (χ4n) is 1.15. The van der Waals surface area contributed by atoms with E-state index >= 15 is 0 Å². The molecule has 6 heteroatoms. The van der Waals surface area contributed by atoms with Crippen LogP contribution in [0.4, 0.5) is 18.9 Å². The van der Waals surface area contributed by atoms with E-state index in [1.54, 1.807) is 12.2 Å². The molecule has 0 aliphatic carbocycles. The van der Waals surface area contributed by atoms with Gasteiger partial charge in [-0.2, -0.15) is 13.2 Å². The van der Waals surface area contributed by atoms with Crippen molar-refractivity contribution in [3.05, 3.63) is 40.9 Å². The highest BCUT2D eigenvalue weighted by molar-refractivity contribution is 6.33. The molecule has 0 saturated heterocycles. The van der Waals surface area contributed by atoms with Crippen molar-refractivity contribution in [2.75, 3.05) is 17.7 Å². The molecule has 0 amide bonds. The first kappa shape index (κ1) is 14.2. The molecule has 0 aliphatic heterocycles. The number of allylic oxidation sites excluding steroid dienone is 1. The minimum atomic E-state index is -4.37. The smallest absolute Gasteiger partial charge is 0.380 e. The molecule has 94 valence electrons. The molecule has 1 aromatic rings. The Morgan fingerprint density at radius 1 is 1.24 bits per heavy atom.